The Morgan fingerprint density at radius 2 is 2.11 bits per heavy atom. The van der Waals surface area contributed by atoms with E-state index >= 15 is 0 Å². The Kier molecular flexibility index (Phi) is 3.74. The number of amides is 1. The van der Waals surface area contributed by atoms with Gasteiger partial charge in [0.15, 0.2) is 5.76 Å². The van der Waals surface area contributed by atoms with Crippen LogP contribution in [0.25, 0.3) is 11.3 Å². The van der Waals surface area contributed by atoms with E-state index in [1.54, 1.807) is 25.1 Å². The lowest BCUT2D eigenvalue weighted by Gasteiger charge is -2.03. The second-order valence-corrected chi connectivity index (χ2v) is 3.82. The summed E-state index contributed by atoms with van der Waals surface area (Å²) in [5.41, 5.74) is 2.27. The molecule has 0 saturated heterocycles. The van der Waals surface area contributed by atoms with Crippen molar-refractivity contribution in [2.75, 3.05) is 5.32 Å². The maximum Gasteiger partial charge on any atom is 0.224 e. The number of benzene rings is 1. The van der Waals surface area contributed by atoms with Crippen LogP contribution in [0.3, 0.4) is 0 Å². The number of hydrogen-bond donors (Lipinski definition) is 2. The highest BCUT2D eigenvalue weighted by molar-refractivity contribution is 5.90. The molecule has 5 nitrogen and oxygen atoms in total. The molecule has 0 aliphatic rings. The number of carbonyl (C=O) groups excluding carboxylic acids is 1. The van der Waals surface area contributed by atoms with Gasteiger partial charge in [0.25, 0.3) is 0 Å². The lowest BCUT2D eigenvalue weighted by molar-refractivity contribution is -0.115. The Morgan fingerprint density at radius 3 is 2.67 bits per heavy atom. The predicted octanol–water partition coefficient (Wildman–Crippen LogP) is 2.18. The van der Waals surface area contributed by atoms with Crippen LogP contribution < -0.4 is 5.32 Å². The molecule has 2 aromatic rings. The average molecular weight is 246 g/mol. The summed E-state index contributed by atoms with van der Waals surface area (Å²) in [6.45, 7) is 1.63. The summed E-state index contributed by atoms with van der Waals surface area (Å²) in [6, 6.07) is 8.96. The minimum atomic E-state index is -0.169. The maximum absolute atomic E-state index is 11.2. The molecule has 2 rings (SSSR count). The molecule has 5 heteroatoms. The Labute approximate surface area is 104 Å². The molecule has 1 amide bonds. The van der Waals surface area contributed by atoms with E-state index in [1.807, 2.05) is 12.1 Å². The monoisotopic (exact) mass is 246 g/mol. The van der Waals surface area contributed by atoms with Crippen LogP contribution in [0, 0.1) is 0 Å². The van der Waals surface area contributed by atoms with Crippen molar-refractivity contribution in [3.8, 4) is 11.3 Å². The van der Waals surface area contributed by atoms with Crippen molar-refractivity contribution < 1.29 is 14.4 Å². The van der Waals surface area contributed by atoms with Gasteiger partial charge in [-0.2, -0.15) is 0 Å². The molecule has 0 spiro atoms. The highest BCUT2D eigenvalue weighted by Gasteiger charge is 2.06. The van der Waals surface area contributed by atoms with Crippen molar-refractivity contribution in [2.24, 2.45) is 0 Å². The van der Waals surface area contributed by atoms with Crippen molar-refractivity contribution in [3.05, 3.63) is 36.1 Å². The predicted molar refractivity (Wildman–Crippen MR) is 66.8 cm³/mol. The molecule has 94 valence electrons. The third-order valence-corrected chi connectivity index (χ3v) is 2.50. The first-order chi connectivity index (χ1) is 8.72. The fourth-order valence-corrected chi connectivity index (χ4v) is 1.50. The SMILES string of the molecule is CCC(=O)Nc1ccc(-c2cc(CO)on2)cc1. The molecule has 0 aliphatic heterocycles. The number of rotatable bonds is 4. The van der Waals surface area contributed by atoms with Gasteiger partial charge in [0.05, 0.1) is 0 Å². The van der Waals surface area contributed by atoms with E-state index in [1.165, 1.54) is 0 Å². The van der Waals surface area contributed by atoms with E-state index in [0.29, 0.717) is 17.9 Å². The Bertz CT molecular complexity index is 531. The molecular formula is C13H14N2O3. The molecule has 0 atom stereocenters. The van der Waals surface area contributed by atoms with Crippen LogP contribution in [0.15, 0.2) is 34.9 Å². The summed E-state index contributed by atoms with van der Waals surface area (Å²) in [5.74, 6) is 0.403. The summed E-state index contributed by atoms with van der Waals surface area (Å²) in [4.78, 5) is 11.2. The van der Waals surface area contributed by atoms with Gasteiger partial charge in [-0.1, -0.05) is 24.2 Å². The molecule has 0 aliphatic carbocycles. The van der Waals surface area contributed by atoms with Crippen molar-refractivity contribution in [3.63, 3.8) is 0 Å². The molecular weight excluding hydrogens is 232 g/mol. The number of anilines is 1. The second-order valence-electron chi connectivity index (χ2n) is 3.82. The number of aromatic nitrogens is 1. The highest BCUT2D eigenvalue weighted by Crippen LogP contribution is 2.21. The third-order valence-electron chi connectivity index (χ3n) is 2.50. The minimum absolute atomic E-state index is 0.0215. The number of hydrogen-bond acceptors (Lipinski definition) is 4. The van der Waals surface area contributed by atoms with Gasteiger partial charge in [-0.05, 0) is 12.1 Å². The van der Waals surface area contributed by atoms with Crippen LogP contribution >= 0.6 is 0 Å². The van der Waals surface area contributed by atoms with Gasteiger partial charge in [0, 0.05) is 23.7 Å². The zero-order valence-electron chi connectivity index (χ0n) is 10.0. The molecule has 0 saturated carbocycles. The summed E-state index contributed by atoms with van der Waals surface area (Å²) in [6.07, 6.45) is 0.449. The van der Waals surface area contributed by atoms with Gasteiger partial charge in [-0.25, -0.2) is 0 Å². The van der Waals surface area contributed by atoms with Crippen LogP contribution in [-0.4, -0.2) is 16.2 Å². The lowest BCUT2D eigenvalue weighted by Crippen LogP contribution is -2.08. The van der Waals surface area contributed by atoms with Crippen LogP contribution in [0.1, 0.15) is 19.1 Å². The first-order valence-corrected chi connectivity index (χ1v) is 5.69. The zero-order valence-corrected chi connectivity index (χ0v) is 10.0. The highest BCUT2D eigenvalue weighted by atomic mass is 16.5. The zero-order chi connectivity index (χ0) is 13.0. The molecule has 1 aromatic carbocycles. The molecule has 0 radical (unpaired) electrons. The number of carbonyl (C=O) groups is 1. The van der Waals surface area contributed by atoms with E-state index in [9.17, 15) is 4.79 Å². The van der Waals surface area contributed by atoms with E-state index in [-0.39, 0.29) is 12.5 Å². The molecule has 1 aromatic heterocycles. The quantitative estimate of drug-likeness (QED) is 0.867. The normalized spacial score (nSPS) is 10.3. The van der Waals surface area contributed by atoms with Crippen LogP contribution in [0.4, 0.5) is 5.69 Å². The van der Waals surface area contributed by atoms with Gasteiger partial charge < -0.3 is 14.9 Å². The Hall–Kier alpha value is -2.14. The summed E-state index contributed by atoms with van der Waals surface area (Å²) in [7, 11) is 0. The molecule has 1 heterocycles. The summed E-state index contributed by atoms with van der Waals surface area (Å²) >= 11 is 0. The minimum Gasteiger partial charge on any atom is -0.388 e. The average Bonchev–Trinajstić information content (AvgIpc) is 2.88. The Morgan fingerprint density at radius 1 is 1.39 bits per heavy atom. The van der Waals surface area contributed by atoms with Crippen molar-refractivity contribution >= 4 is 11.6 Å². The molecule has 2 N–H and O–H groups in total. The second kappa shape index (κ2) is 5.46. The first kappa shape index (κ1) is 12.3. The van der Waals surface area contributed by atoms with Crippen molar-refractivity contribution in [1.29, 1.82) is 0 Å². The molecule has 0 unspecified atom stereocenters. The molecule has 18 heavy (non-hydrogen) atoms. The Balaban J connectivity index is 2.14. The largest absolute Gasteiger partial charge is 0.388 e. The van der Waals surface area contributed by atoms with E-state index in [4.69, 9.17) is 9.63 Å². The topological polar surface area (TPSA) is 75.4 Å². The number of nitrogens with one attached hydrogen (secondary N) is 1. The lowest BCUT2D eigenvalue weighted by atomic mass is 10.1. The van der Waals surface area contributed by atoms with Gasteiger partial charge in [-0.3, -0.25) is 4.79 Å². The van der Waals surface area contributed by atoms with Gasteiger partial charge in [-0.15, -0.1) is 0 Å². The van der Waals surface area contributed by atoms with Crippen LogP contribution in [-0.2, 0) is 11.4 Å². The van der Waals surface area contributed by atoms with Gasteiger partial charge >= 0.3 is 0 Å². The van der Waals surface area contributed by atoms with E-state index < -0.39 is 0 Å². The maximum atomic E-state index is 11.2. The number of aliphatic hydroxyl groups is 1. The first-order valence-electron chi connectivity index (χ1n) is 5.69. The van der Waals surface area contributed by atoms with Crippen molar-refractivity contribution in [2.45, 2.75) is 20.0 Å². The fraction of sp³-hybridized carbons (Fsp3) is 0.231. The van der Waals surface area contributed by atoms with E-state index in [0.717, 1.165) is 11.3 Å². The number of nitrogens with zero attached hydrogens (tertiary/aromatic N) is 1. The van der Waals surface area contributed by atoms with E-state index in [2.05, 4.69) is 10.5 Å². The van der Waals surface area contributed by atoms with Gasteiger partial charge in [0.2, 0.25) is 5.91 Å². The third kappa shape index (κ3) is 2.75. The van der Waals surface area contributed by atoms with Crippen molar-refractivity contribution in [1.82, 2.24) is 5.16 Å². The summed E-state index contributed by atoms with van der Waals surface area (Å²) in [5, 5.41) is 15.5. The standard InChI is InChI=1S/C13H14N2O3/c1-2-13(17)14-10-5-3-9(4-6-10)12-7-11(8-16)18-15-12/h3-7,16H,2,8H2,1H3,(H,14,17). The van der Waals surface area contributed by atoms with Crippen LogP contribution in [0.5, 0.6) is 0 Å². The fourth-order valence-electron chi connectivity index (χ4n) is 1.50. The number of aliphatic hydroxyl groups excluding tert-OH is 1. The summed E-state index contributed by atoms with van der Waals surface area (Å²) < 4.78 is 4.91. The van der Waals surface area contributed by atoms with Gasteiger partial charge in [0.1, 0.15) is 12.3 Å². The van der Waals surface area contributed by atoms with Crippen LogP contribution in [0.2, 0.25) is 0 Å². The molecule has 0 bridgehead atoms. The smallest absolute Gasteiger partial charge is 0.224 e. The molecule has 0 fully saturated rings.